The fourth-order valence-electron chi connectivity index (χ4n) is 2.16. The van der Waals surface area contributed by atoms with Crippen molar-refractivity contribution >= 4 is 22.7 Å². The highest BCUT2D eigenvalue weighted by molar-refractivity contribution is 5.93. The molecular formula is C17H19NO3. The summed E-state index contributed by atoms with van der Waals surface area (Å²) in [6.45, 7) is 4.63. The fraction of sp³-hybridized carbons (Fsp3) is 0.235. The maximum atomic E-state index is 11.2. The molecule has 2 rings (SSSR count). The number of methoxy groups -OCH3 is 1. The summed E-state index contributed by atoms with van der Waals surface area (Å²) < 4.78 is 10.3. The molecule has 0 atom stereocenters. The highest BCUT2D eigenvalue weighted by atomic mass is 16.7. The summed E-state index contributed by atoms with van der Waals surface area (Å²) in [5, 5.41) is 2.01. The number of likely N-dealkylation sites (N-methyl/N-ethyl adjacent to an activating group) is 1. The van der Waals surface area contributed by atoms with Crippen molar-refractivity contribution < 1.29 is 14.3 Å². The van der Waals surface area contributed by atoms with Crippen LogP contribution in [-0.4, -0.2) is 33.8 Å². The summed E-state index contributed by atoms with van der Waals surface area (Å²) in [5.41, 5.74) is 1.60. The first-order valence-electron chi connectivity index (χ1n) is 6.66. The smallest absolute Gasteiger partial charge is 0.188 e. The Bertz CT molecular complexity index is 652. The summed E-state index contributed by atoms with van der Waals surface area (Å²) in [4.78, 5) is 13.2. The normalized spacial score (nSPS) is 10.4. The van der Waals surface area contributed by atoms with E-state index in [-0.39, 0.29) is 6.79 Å². The van der Waals surface area contributed by atoms with Crippen LogP contribution in [0.25, 0.3) is 10.8 Å². The molecule has 2 aromatic carbocycles. The number of carbonyl (C=O) groups excluding carboxylic acids is 1. The monoisotopic (exact) mass is 285 g/mol. The van der Waals surface area contributed by atoms with Gasteiger partial charge in [-0.25, -0.2) is 0 Å². The van der Waals surface area contributed by atoms with Gasteiger partial charge in [0, 0.05) is 26.4 Å². The number of ether oxygens (including phenoxy) is 2. The van der Waals surface area contributed by atoms with Gasteiger partial charge in [-0.15, -0.1) is 6.58 Å². The lowest BCUT2D eigenvalue weighted by Gasteiger charge is -2.18. The van der Waals surface area contributed by atoms with Crippen molar-refractivity contribution in [2.75, 3.05) is 32.4 Å². The molecule has 0 radical (unpaired) electrons. The number of aldehydes is 1. The molecule has 0 aliphatic rings. The lowest BCUT2D eigenvalue weighted by atomic mass is 10.1. The van der Waals surface area contributed by atoms with E-state index in [1.807, 2.05) is 37.4 Å². The minimum Gasteiger partial charge on any atom is -0.467 e. The van der Waals surface area contributed by atoms with Crippen molar-refractivity contribution in [3.8, 4) is 5.75 Å². The highest BCUT2D eigenvalue weighted by Crippen LogP contribution is 2.28. The van der Waals surface area contributed by atoms with E-state index in [0.717, 1.165) is 29.3 Å². The van der Waals surface area contributed by atoms with Gasteiger partial charge in [0.1, 0.15) is 5.75 Å². The van der Waals surface area contributed by atoms with Crippen LogP contribution in [0.2, 0.25) is 0 Å². The van der Waals surface area contributed by atoms with E-state index in [0.29, 0.717) is 11.3 Å². The molecule has 110 valence electrons. The molecule has 0 spiro atoms. The van der Waals surface area contributed by atoms with E-state index in [4.69, 9.17) is 9.47 Å². The maximum Gasteiger partial charge on any atom is 0.188 e. The van der Waals surface area contributed by atoms with E-state index in [2.05, 4.69) is 17.5 Å². The minimum atomic E-state index is 0.113. The van der Waals surface area contributed by atoms with Gasteiger partial charge in [-0.3, -0.25) is 4.79 Å². The predicted octanol–water partition coefficient (Wildman–Crippen LogP) is 3.26. The summed E-state index contributed by atoms with van der Waals surface area (Å²) in [5.74, 6) is 0.530. The zero-order valence-corrected chi connectivity index (χ0v) is 12.3. The molecule has 0 aliphatic heterocycles. The molecule has 2 aromatic rings. The first kappa shape index (κ1) is 15.1. The van der Waals surface area contributed by atoms with Gasteiger partial charge in [0.15, 0.2) is 13.1 Å². The van der Waals surface area contributed by atoms with E-state index >= 15 is 0 Å². The number of hydrogen-bond donors (Lipinski definition) is 0. The summed E-state index contributed by atoms with van der Waals surface area (Å²) >= 11 is 0. The van der Waals surface area contributed by atoms with Crippen LogP contribution in [0.15, 0.2) is 43.0 Å². The molecular weight excluding hydrogens is 266 g/mol. The first-order valence-corrected chi connectivity index (χ1v) is 6.66. The molecule has 4 nitrogen and oxygen atoms in total. The van der Waals surface area contributed by atoms with Crippen LogP contribution in [0, 0.1) is 0 Å². The topological polar surface area (TPSA) is 38.8 Å². The molecule has 0 amide bonds. The van der Waals surface area contributed by atoms with Crippen LogP contribution in [0.1, 0.15) is 10.4 Å². The molecule has 0 unspecified atom stereocenters. The standard InChI is InChI=1S/C17H19NO3/c1-4-7-18(2)16-6-5-13-8-15(11-19)17(21-12-20-3)10-14(13)9-16/h4-6,8-11H,1,7,12H2,2-3H3. The van der Waals surface area contributed by atoms with Crippen LogP contribution in [0.4, 0.5) is 5.69 Å². The van der Waals surface area contributed by atoms with E-state index in [1.165, 1.54) is 0 Å². The number of carbonyl (C=O) groups is 1. The second kappa shape index (κ2) is 6.90. The van der Waals surface area contributed by atoms with Crippen molar-refractivity contribution in [1.29, 1.82) is 0 Å². The molecule has 4 heteroatoms. The zero-order chi connectivity index (χ0) is 15.2. The highest BCUT2D eigenvalue weighted by Gasteiger charge is 2.07. The van der Waals surface area contributed by atoms with E-state index in [1.54, 1.807) is 7.11 Å². The average Bonchev–Trinajstić information content (AvgIpc) is 2.51. The number of anilines is 1. The Labute approximate surface area is 124 Å². The van der Waals surface area contributed by atoms with Gasteiger partial charge in [-0.2, -0.15) is 0 Å². The van der Waals surface area contributed by atoms with E-state index < -0.39 is 0 Å². The lowest BCUT2D eigenvalue weighted by molar-refractivity contribution is 0.0506. The zero-order valence-electron chi connectivity index (χ0n) is 12.3. The second-order valence-electron chi connectivity index (χ2n) is 4.76. The van der Waals surface area contributed by atoms with Gasteiger partial charge in [-0.05, 0) is 35.0 Å². The molecule has 0 bridgehead atoms. The summed E-state index contributed by atoms with van der Waals surface area (Å²) in [6, 6.07) is 9.77. The van der Waals surface area contributed by atoms with Crippen LogP contribution >= 0.6 is 0 Å². The van der Waals surface area contributed by atoms with Gasteiger partial charge in [0.05, 0.1) is 5.56 Å². The third-order valence-corrected chi connectivity index (χ3v) is 3.26. The number of benzene rings is 2. The van der Waals surface area contributed by atoms with Crippen molar-refractivity contribution in [2.45, 2.75) is 0 Å². The fourth-order valence-corrected chi connectivity index (χ4v) is 2.16. The SMILES string of the molecule is C=CCN(C)c1ccc2cc(C=O)c(OCOC)cc2c1. The van der Waals surface area contributed by atoms with Gasteiger partial charge in [0.2, 0.25) is 0 Å². The molecule has 0 aromatic heterocycles. The Balaban J connectivity index is 2.45. The quantitative estimate of drug-likeness (QED) is 0.445. The largest absolute Gasteiger partial charge is 0.467 e. The van der Waals surface area contributed by atoms with Crippen molar-refractivity contribution in [2.24, 2.45) is 0 Å². The Morgan fingerprint density at radius 3 is 2.71 bits per heavy atom. The summed E-state index contributed by atoms with van der Waals surface area (Å²) in [7, 11) is 3.55. The number of rotatable bonds is 7. The average molecular weight is 285 g/mol. The Hall–Kier alpha value is -2.33. The Morgan fingerprint density at radius 1 is 1.24 bits per heavy atom. The Kier molecular flexibility index (Phi) is 4.95. The van der Waals surface area contributed by atoms with Gasteiger partial charge >= 0.3 is 0 Å². The van der Waals surface area contributed by atoms with Crippen LogP contribution in [0.3, 0.4) is 0 Å². The number of nitrogens with zero attached hydrogens (tertiary/aromatic N) is 1. The van der Waals surface area contributed by atoms with Crippen LogP contribution in [0.5, 0.6) is 5.75 Å². The van der Waals surface area contributed by atoms with Crippen molar-refractivity contribution in [1.82, 2.24) is 0 Å². The maximum absolute atomic E-state index is 11.2. The summed E-state index contributed by atoms with van der Waals surface area (Å²) in [6.07, 6.45) is 2.65. The molecule has 0 aliphatic carbocycles. The van der Waals surface area contributed by atoms with Gasteiger partial charge in [0.25, 0.3) is 0 Å². The molecule has 0 heterocycles. The first-order chi connectivity index (χ1) is 10.2. The second-order valence-corrected chi connectivity index (χ2v) is 4.76. The predicted molar refractivity (Wildman–Crippen MR) is 85.3 cm³/mol. The lowest BCUT2D eigenvalue weighted by Crippen LogP contribution is -2.16. The molecule has 21 heavy (non-hydrogen) atoms. The third kappa shape index (κ3) is 3.41. The molecule has 0 saturated heterocycles. The number of hydrogen-bond acceptors (Lipinski definition) is 4. The van der Waals surface area contributed by atoms with Crippen LogP contribution in [-0.2, 0) is 4.74 Å². The number of fused-ring (bicyclic) bond motifs is 1. The van der Waals surface area contributed by atoms with Crippen molar-refractivity contribution in [3.05, 3.63) is 48.6 Å². The van der Waals surface area contributed by atoms with Crippen molar-refractivity contribution in [3.63, 3.8) is 0 Å². The third-order valence-electron chi connectivity index (χ3n) is 3.26. The van der Waals surface area contributed by atoms with Crippen LogP contribution < -0.4 is 9.64 Å². The minimum absolute atomic E-state index is 0.113. The molecule has 0 fully saturated rings. The van der Waals surface area contributed by atoms with E-state index in [9.17, 15) is 4.79 Å². The Morgan fingerprint density at radius 2 is 2.05 bits per heavy atom. The van der Waals surface area contributed by atoms with Gasteiger partial charge < -0.3 is 14.4 Å². The van der Waals surface area contributed by atoms with Gasteiger partial charge in [-0.1, -0.05) is 12.1 Å². The molecule has 0 N–H and O–H groups in total. The molecule has 0 saturated carbocycles.